The topological polar surface area (TPSA) is 64.1 Å². The molecule has 0 radical (unpaired) electrons. The minimum atomic E-state index is -0.289. The Bertz CT molecular complexity index is 502. The molecule has 2 aliphatic carbocycles. The van der Waals surface area contributed by atoms with Crippen molar-refractivity contribution in [3.8, 4) is 0 Å². The summed E-state index contributed by atoms with van der Waals surface area (Å²) in [6.45, 7) is 2.04. The molecule has 1 heterocycles. The van der Waals surface area contributed by atoms with E-state index < -0.39 is 0 Å². The van der Waals surface area contributed by atoms with Crippen molar-refractivity contribution < 1.29 is 9.53 Å². The molecule has 0 aliphatic heterocycles. The quantitative estimate of drug-likeness (QED) is 0.871. The number of aromatic nitrogens is 2. The number of ether oxygens (including phenoxy) is 1. The van der Waals surface area contributed by atoms with E-state index in [2.05, 4.69) is 15.3 Å². The highest BCUT2D eigenvalue weighted by molar-refractivity contribution is 6.28. The summed E-state index contributed by atoms with van der Waals surface area (Å²) in [7, 11) is 0. The fourth-order valence-corrected chi connectivity index (χ4v) is 2.72. The fourth-order valence-electron chi connectivity index (χ4n) is 2.62. The van der Waals surface area contributed by atoms with Crippen molar-refractivity contribution in [1.82, 2.24) is 15.3 Å². The van der Waals surface area contributed by atoms with Gasteiger partial charge in [0.2, 0.25) is 5.28 Å². The van der Waals surface area contributed by atoms with Crippen molar-refractivity contribution in [3.63, 3.8) is 0 Å². The molecule has 0 aromatic carbocycles. The van der Waals surface area contributed by atoms with Gasteiger partial charge in [-0.2, -0.15) is 0 Å². The Balaban J connectivity index is 1.51. The zero-order valence-electron chi connectivity index (χ0n) is 11.4. The number of hydrogen-bond acceptors (Lipinski definition) is 4. The summed E-state index contributed by atoms with van der Waals surface area (Å²) in [6, 6.07) is 0. The SMILES string of the molecule is CC1(NC(=O)OC2CCC(c3cnc(Cl)nc3)C2)CC1. The first-order chi connectivity index (χ1) is 9.54. The molecule has 2 unspecified atom stereocenters. The largest absolute Gasteiger partial charge is 0.446 e. The van der Waals surface area contributed by atoms with E-state index >= 15 is 0 Å². The third-order valence-electron chi connectivity index (χ3n) is 4.17. The molecule has 1 aromatic heterocycles. The minimum Gasteiger partial charge on any atom is -0.446 e. The lowest BCUT2D eigenvalue weighted by Gasteiger charge is -2.16. The van der Waals surface area contributed by atoms with E-state index in [4.69, 9.17) is 16.3 Å². The van der Waals surface area contributed by atoms with Gasteiger partial charge >= 0.3 is 6.09 Å². The maximum atomic E-state index is 11.8. The maximum absolute atomic E-state index is 11.8. The van der Waals surface area contributed by atoms with Crippen LogP contribution in [0.1, 0.15) is 50.5 Å². The summed E-state index contributed by atoms with van der Waals surface area (Å²) >= 11 is 5.68. The van der Waals surface area contributed by atoms with Crippen LogP contribution in [0.4, 0.5) is 4.79 Å². The van der Waals surface area contributed by atoms with E-state index in [1.54, 1.807) is 12.4 Å². The second-order valence-corrected chi connectivity index (χ2v) is 6.35. The molecule has 2 fully saturated rings. The fraction of sp³-hybridized carbons (Fsp3) is 0.643. The molecular formula is C14H18ClN3O2. The number of alkyl carbamates (subject to hydrolysis) is 1. The Morgan fingerprint density at radius 3 is 2.75 bits per heavy atom. The molecule has 1 N–H and O–H groups in total. The highest BCUT2D eigenvalue weighted by Gasteiger charge is 2.40. The van der Waals surface area contributed by atoms with Gasteiger partial charge in [0.25, 0.3) is 0 Å². The summed E-state index contributed by atoms with van der Waals surface area (Å²) in [5.74, 6) is 0.349. The van der Waals surface area contributed by atoms with Crippen LogP contribution in [0, 0.1) is 0 Å². The lowest BCUT2D eigenvalue weighted by Crippen LogP contribution is -2.36. The van der Waals surface area contributed by atoms with Gasteiger partial charge in [0.05, 0.1) is 0 Å². The molecule has 0 saturated heterocycles. The number of hydrogen-bond donors (Lipinski definition) is 1. The lowest BCUT2D eigenvalue weighted by atomic mass is 10.0. The summed E-state index contributed by atoms with van der Waals surface area (Å²) < 4.78 is 5.49. The Morgan fingerprint density at radius 1 is 1.40 bits per heavy atom. The third kappa shape index (κ3) is 3.20. The molecule has 1 aromatic rings. The van der Waals surface area contributed by atoms with Crippen molar-refractivity contribution in [1.29, 1.82) is 0 Å². The number of rotatable bonds is 3. The van der Waals surface area contributed by atoms with E-state index in [-0.39, 0.29) is 23.0 Å². The number of halogens is 1. The van der Waals surface area contributed by atoms with E-state index in [1.165, 1.54) is 0 Å². The van der Waals surface area contributed by atoms with Crippen LogP contribution in [0.3, 0.4) is 0 Å². The van der Waals surface area contributed by atoms with E-state index in [0.29, 0.717) is 5.92 Å². The van der Waals surface area contributed by atoms with Gasteiger partial charge in [-0.3, -0.25) is 0 Å². The number of nitrogens with zero attached hydrogens (tertiary/aromatic N) is 2. The van der Waals surface area contributed by atoms with Crippen LogP contribution in [0.5, 0.6) is 0 Å². The van der Waals surface area contributed by atoms with Gasteiger partial charge in [-0.1, -0.05) is 0 Å². The zero-order valence-corrected chi connectivity index (χ0v) is 12.2. The molecule has 5 nitrogen and oxygen atoms in total. The second-order valence-electron chi connectivity index (χ2n) is 6.01. The normalized spacial score (nSPS) is 27.1. The van der Waals surface area contributed by atoms with Gasteiger partial charge in [0, 0.05) is 17.9 Å². The van der Waals surface area contributed by atoms with Crippen molar-refractivity contribution in [2.45, 2.75) is 56.6 Å². The minimum absolute atomic E-state index is 0.0157. The number of amides is 1. The number of nitrogens with one attached hydrogen (secondary N) is 1. The van der Waals surface area contributed by atoms with Gasteiger partial charge in [0.15, 0.2) is 0 Å². The molecule has 6 heteroatoms. The molecule has 2 atom stereocenters. The van der Waals surface area contributed by atoms with Crippen molar-refractivity contribution in [2.24, 2.45) is 0 Å². The van der Waals surface area contributed by atoms with Gasteiger partial charge in [-0.15, -0.1) is 0 Å². The van der Waals surface area contributed by atoms with Gasteiger partial charge in [-0.05, 0) is 62.1 Å². The van der Waals surface area contributed by atoms with Crippen LogP contribution < -0.4 is 5.32 Å². The zero-order chi connectivity index (χ0) is 14.2. The van der Waals surface area contributed by atoms with Crippen LogP contribution >= 0.6 is 11.6 Å². The van der Waals surface area contributed by atoms with E-state index in [9.17, 15) is 4.79 Å². The van der Waals surface area contributed by atoms with Crippen molar-refractivity contribution in [3.05, 3.63) is 23.2 Å². The standard InChI is InChI=1S/C14H18ClN3O2/c1-14(4-5-14)18-13(19)20-11-3-2-9(6-11)10-7-16-12(15)17-8-10/h7-9,11H,2-6H2,1H3,(H,18,19). The first kappa shape index (κ1) is 13.6. The number of carbonyl (C=O) groups excluding carboxylic acids is 1. The molecule has 1 amide bonds. The smallest absolute Gasteiger partial charge is 0.407 e. The highest BCUT2D eigenvalue weighted by Crippen LogP contribution is 2.37. The third-order valence-corrected chi connectivity index (χ3v) is 4.37. The monoisotopic (exact) mass is 295 g/mol. The Morgan fingerprint density at radius 2 is 2.10 bits per heavy atom. The van der Waals surface area contributed by atoms with E-state index in [1.807, 2.05) is 6.92 Å². The average molecular weight is 296 g/mol. The Kier molecular flexibility index (Phi) is 3.54. The summed E-state index contributed by atoms with van der Waals surface area (Å²) in [5.41, 5.74) is 1.04. The predicted molar refractivity (Wildman–Crippen MR) is 74.7 cm³/mol. The van der Waals surface area contributed by atoms with Crippen LogP contribution in [-0.2, 0) is 4.74 Å². The Hall–Kier alpha value is -1.36. The average Bonchev–Trinajstić information content (AvgIpc) is 2.94. The van der Waals surface area contributed by atoms with Gasteiger partial charge < -0.3 is 10.1 Å². The molecule has 3 rings (SSSR count). The summed E-state index contributed by atoms with van der Waals surface area (Å²) in [5, 5.41) is 3.18. The molecule has 108 valence electrons. The maximum Gasteiger partial charge on any atom is 0.407 e. The summed E-state index contributed by atoms with van der Waals surface area (Å²) in [6.07, 6.45) is 7.99. The van der Waals surface area contributed by atoms with Crippen LogP contribution in [0.25, 0.3) is 0 Å². The number of carbonyl (C=O) groups is 1. The van der Waals surface area contributed by atoms with Gasteiger partial charge in [-0.25, -0.2) is 14.8 Å². The molecule has 2 aliphatic rings. The van der Waals surface area contributed by atoms with Crippen molar-refractivity contribution in [2.75, 3.05) is 0 Å². The lowest BCUT2D eigenvalue weighted by molar-refractivity contribution is 0.0967. The first-order valence-electron chi connectivity index (χ1n) is 7.00. The van der Waals surface area contributed by atoms with Gasteiger partial charge in [0.1, 0.15) is 6.10 Å². The summed E-state index contributed by atoms with van der Waals surface area (Å²) in [4.78, 5) is 19.8. The second kappa shape index (κ2) is 5.20. The highest BCUT2D eigenvalue weighted by atomic mass is 35.5. The first-order valence-corrected chi connectivity index (χ1v) is 7.38. The van der Waals surface area contributed by atoms with Crippen LogP contribution in [-0.4, -0.2) is 27.7 Å². The molecule has 20 heavy (non-hydrogen) atoms. The van der Waals surface area contributed by atoms with Crippen molar-refractivity contribution >= 4 is 17.7 Å². The molecular weight excluding hydrogens is 278 g/mol. The Labute approximate surface area is 123 Å². The predicted octanol–water partition coefficient (Wildman–Crippen LogP) is 3.04. The van der Waals surface area contributed by atoms with E-state index in [0.717, 1.165) is 37.7 Å². The van der Waals surface area contributed by atoms with Crippen LogP contribution in [0.2, 0.25) is 5.28 Å². The van der Waals surface area contributed by atoms with Crippen LogP contribution in [0.15, 0.2) is 12.4 Å². The molecule has 0 spiro atoms. The molecule has 0 bridgehead atoms. The molecule has 2 saturated carbocycles.